The first-order chi connectivity index (χ1) is 9.50. The van der Waals surface area contributed by atoms with Crippen LogP contribution in [-0.2, 0) is 0 Å². The molecule has 1 aromatic rings. The smallest absolute Gasteiger partial charge is 0.120 e. The molecule has 0 radical (unpaired) electrons. The van der Waals surface area contributed by atoms with Crippen LogP contribution >= 0.6 is 0 Å². The summed E-state index contributed by atoms with van der Waals surface area (Å²) in [5.41, 5.74) is 2.20. The molecule has 0 aliphatic carbocycles. The van der Waals surface area contributed by atoms with Crippen molar-refractivity contribution in [2.45, 2.75) is 65.8 Å². The Morgan fingerprint density at radius 1 is 1.05 bits per heavy atom. The van der Waals surface area contributed by atoms with Crippen LogP contribution in [0, 0.1) is 12.8 Å². The van der Waals surface area contributed by atoms with Crippen molar-refractivity contribution in [3.05, 3.63) is 29.3 Å². The number of benzene rings is 1. The van der Waals surface area contributed by atoms with E-state index >= 15 is 0 Å². The van der Waals surface area contributed by atoms with Crippen LogP contribution in [0.25, 0.3) is 0 Å². The van der Waals surface area contributed by atoms with Crippen LogP contribution in [0.4, 0.5) is 0 Å². The van der Waals surface area contributed by atoms with Gasteiger partial charge in [-0.1, -0.05) is 57.2 Å². The molecule has 2 N–H and O–H groups in total. The number of aryl methyl sites for hydroxylation is 1. The van der Waals surface area contributed by atoms with E-state index in [1.54, 1.807) is 6.07 Å². The lowest BCUT2D eigenvalue weighted by molar-refractivity contribution is 0.448. The fraction of sp³-hybridized carbons (Fsp3) is 0.667. The second-order valence-electron chi connectivity index (χ2n) is 6.33. The van der Waals surface area contributed by atoms with Crippen molar-refractivity contribution >= 4 is 0 Å². The van der Waals surface area contributed by atoms with Gasteiger partial charge in [-0.15, -0.1) is 0 Å². The first-order valence-electron chi connectivity index (χ1n) is 8.03. The van der Waals surface area contributed by atoms with Crippen molar-refractivity contribution in [1.29, 1.82) is 0 Å². The summed E-state index contributed by atoms with van der Waals surface area (Å²) < 4.78 is 0. The minimum atomic E-state index is 0.213. The Kier molecular flexibility index (Phi) is 7.68. The fourth-order valence-electron chi connectivity index (χ4n) is 2.48. The standard InChI is InChI=1S/C18H31NO/c1-14(2)9-7-5-6-8-12-19-16(4)17-13-15(3)10-11-18(17)20/h10-11,13-14,16,19-20H,5-9,12H2,1-4H3. The molecule has 0 spiro atoms. The Bertz CT molecular complexity index is 387. The molecule has 0 amide bonds. The van der Waals surface area contributed by atoms with Gasteiger partial charge in [0.25, 0.3) is 0 Å². The summed E-state index contributed by atoms with van der Waals surface area (Å²) >= 11 is 0. The summed E-state index contributed by atoms with van der Waals surface area (Å²) in [5.74, 6) is 1.23. The van der Waals surface area contributed by atoms with Crippen molar-refractivity contribution in [3.63, 3.8) is 0 Å². The lowest BCUT2D eigenvalue weighted by atomic mass is 10.0. The van der Waals surface area contributed by atoms with E-state index in [1.165, 1.54) is 37.7 Å². The van der Waals surface area contributed by atoms with Crippen molar-refractivity contribution in [1.82, 2.24) is 5.32 Å². The Morgan fingerprint density at radius 3 is 2.45 bits per heavy atom. The number of phenolic OH excluding ortho intramolecular Hbond substituents is 1. The summed E-state index contributed by atoms with van der Waals surface area (Å²) in [7, 11) is 0. The van der Waals surface area contributed by atoms with Crippen LogP contribution in [0.1, 0.15) is 70.0 Å². The van der Waals surface area contributed by atoms with Crippen molar-refractivity contribution < 1.29 is 5.11 Å². The first kappa shape index (κ1) is 17.0. The second kappa shape index (κ2) is 9.02. The van der Waals surface area contributed by atoms with Gasteiger partial charge in [0, 0.05) is 11.6 Å². The van der Waals surface area contributed by atoms with Crippen LogP contribution in [0.3, 0.4) is 0 Å². The molecule has 0 aliphatic rings. The van der Waals surface area contributed by atoms with Gasteiger partial charge < -0.3 is 10.4 Å². The van der Waals surface area contributed by atoms with E-state index in [4.69, 9.17) is 0 Å². The maximum absolute atomic E-state index is 9.89. The van der Waals surface area contributed by atoms with Crippen LogP contribution in [0.5, 0.6) is 5.75 Å². The van der Waals surface area contributed by atoms with Crippen LogP contribution < -0.4 is 5.32 Å². The lowest BCUT2D eigenvalue weighted by Crippen LogP contribution is -2.20. The maximum atomic E-state index is 9.89. The minimum Gasteiger partial charge on any atom is -0.508 e. The molecule has 0 saturated carbocycles. The summed E-state index contributed by atoms with van der Waals surface area (Å²) in [4.78, 5) is 0. The lowest BCUT2D eigenvalue weighted by Gasteiger charge is -2.16. The summed E-state index contributed by atoms with van der Waals surface area (Å²) in [6.07, 6.45) is 6.55. The third-order valence-corrected chi connectivity index (χ3v) is 3.81. The molecule has 0 aliphatic heterocycles. The molecule has 20 heavy (non-hydrogen) atoms. The van der Waals surface area contributed by atoms with Gasteiger partial charge in [-0.05, 0) is 38.8 Å². The van der Waals surface area contributed by atoms with Crippen molar-refractivity contribution in [2.75, 3.05) is 6.54 Å². The van der Waals surface area contributed by atoms with Gasteiger partial charge in [0.2, 0.25) is 0 Å². The summed E-state index contributed by atoms with van der Waals surface area (Å²) in [6.45, 7) is 9.78. The molecule has 1 aromatic carbocycles. The zero-order valence-electron chi connectivity index (χ0n) is 13.6. The predicted octanol–water partition coefficient (Wildman–Crippen LogP) is 4.96. The highest BCUT2D eigenvalue weighted by Gasteiger charge is 2.09. The average Bonchev–Trinajstić information content (AvgIpc) is 2.39. The molecule has 1 atom stereocenters. The summed E-state index contributed by atoms with van der Waals surface area (Å²) in [6, 6.07) is 6.01. The zero-order valence-corrected chi connectivity index (χ0v) is 13.6. The number of unbranched alkanes of at least 4 members (excludes halogenated alkanes) is 3. The van der Waals surface area contributed by atoms with E-state index in [-0.39, 0.29) is 6.04 Å². The molecular formula is C18H31NO. The van der Waals surface area contributed by atoms with E-state index < -0.39 is 0 Å². The molecule has 0 aromatic heterocycles. The number of hydrogen-bond donors (Lipinski definition) is 2. The molecule has 2 nitrogen and oxygen atoms in total. The molecular weight excluding hydrogens is 246 g/mol. The fourth-order valence-corrected chi connectivity index (χ4v) is 2.48. The maximum Gasteiger partial charge on any atom is 0.120 e. The largest absolute Gasteiger partial charge is 0.508 e. The second-order valence-corrected chi connectivity index (χ2v) is 6.33. The zero-order chi connectivity index (χ0) is 15.0. The first-order valence-corrected chi connectivity index (χ1v) is 8.03. The van der Waals surface area contributed by atoms with E-state index in [1.807, 2.05) is 6.07 Å². The van der Waals surface area contributed by atoms with Gasteiger partial charge in [-0.2, -0.15) is 0 Å². The Morgan fingerprint density at radius 2 is 1.75 bits per heavy atom. The van der Waals surface area contributed by atoms with E-state index in [0.29, 0.717) is 5.75 Å². The molecule has 0 bridgehead atoms. The molecule has 1 unspecified atom stereocenters. The third kappa shape index (κ3) is 6.42. The predicted molar refractivity (Wildman–Crippen MR) is 87.2 cm³/mol. The molecule has 0 saturated heterocycles. The minimum absolute atomic E-state index is 0.213. The molecule has 1 rings (SSSR count). The highest BCUT2D eigenvalue weighted by atomic mass is 16.3. The van der Waals surface area contributed by atoms with Crippen LogP contribution in [0.2, 0.25) is 0 Å². The van der Waals surface area contributed by atoms with Gasteiger partial charge in [-0.3, -0.25) is 0 Å². The number of phenols is 1. The summed E-state index contributed by atoms with van der Waals surface area (Å²) in [5, 5.41) is 13.4. The molecule has 114 valence electrons. The van der Waals surface area contributed by atoms with E-state index in [2.05, 4.69) is 39.1 Å². The normalized spacial score (nSPS) is 12.8. The SMILES string of the molecule is Cc1ccc(O)c(C(C)NCCCCCCC(C)C)c1. The highest BCUT2D eigenvalue weighted by molar-refractivity contribution is 5.37. The topological polar surface area (TPSA) is 32.3 Å². The Hall–Kier alpha value is -1.02. The van der Waals surface area contributed by atoms with Crippen molar-refractivity contribution in [3.8, 4) is 5.75 Å². The van der Waals surface area contributed by atoms with Gasteiger partial charge in [0.15, 0.2) is 0 Å². The van der Waals surface area contributed by atoms with Crippen LogP contribution in [-0.4, -0.2) is 11.7 Å². The number of rotatable bonds is 9. The Labute approximate surface area is 124 Å². The quantitative estimate of drug-likeness (QED) is 0.625. The number of nitrogens with one attached hydrogen (secondary N) is 1. The number of aromatic hydroxyl groups is 1. The van der Waals surface area contributed by atoms with E-state index in [9.17, 15) is 5.11 Å². The molecule has 0 heterocycles. The Balaban J connectivity index is 2.20. The molecule has 2 heteroatoms. The average molecular weight is 277 g/mol. The molecule has 0 fully saturated rings. The third-order valence-electron chi connectivity index (χ3n) is 3.81. The number of hydrogen-bond acceptors (Lipinski definition) is 2. The highest BCUT2D eigenvalue weighted by Crippen LogP contribution is 2.24. The van der Waals surface area contributed by atoms with Gasteiger partial charge in [0.05, 0.1) is 0 Å². The monoisotopic (exact) mass is 277 g/mol. The van der Waals surface area contributed by atoms with Gasteiger partial charge in [0.1, 0.15) is 5.75 Å². The van der Waals surface area contributed by atoms with Gasteiger partial charge in [-0.25, -0.2) is 0 Å². The van der Waals surface area contributed by atoms with Crippen LogP contribution in [0.15, 0.2) is 18.2 Å². The van der Waals surface area contributed by atoms with E-state index in [0.717, 1.165) is 18.0 Å². The van der Waals surface area contributed by atoms with Crippen molar-refractivity contribution in [2.24, 2.45) is 5.92 Å². The van der Waals surface area contributed by atoms with Gasteiger partial charge >= 0.3 is 0 Å².